The highest BCUT2D eigenvalue weighted by Gasteiger charge is 2.34. The number of carboxylic acid groups (broad SMARTS) is 1. The van der Waals surface area contributed by atoms with Crippen molar-refractivity contribution in [3.05, 3.63) is 30.1 Å². The monoisotopic (exact) mass is 291 g/mol. The number of carbonyl (C=O) groups is 1. The molecule has 1 atom stereocenters. The van der Waals surface area contributed by atoms with E-state index in [0.717, 1.165) is 24.3 Å². The Bertz CT molecular complexity index is 543. The number of aliphatic hydroxyl groups is 1. The average Bonchev–Trinajstić information content (AvgIpc) is 2.35. The molecule has 6 nitrogen and oxygen atoms in total. The zero-order valence-electron chi connectivity index (χ0n) is 10.2. The number of aliphatic carboxylic acids is 1. The molecule has 19 heavy (non-hydrogen) atoms. The van der Waals surface area contributed by atoms with Gasteiger partial charge in [-0.15, -0.1) is 0 Å². The van der Waals surface area contributed by atoms with Crippen LogP contribution in [0, 0.1) is 5.82 Å². The molecule has 0 aromatic heterocycles. The Morgan fingerprint density at radius 2 is 1.89 bits per heavy atom. The first-order valence-corrected chi connectivity index (χ1v) is 6.89. The van der Waals surface area contributed by atoms with Gasteiger partial charge in [0.2, 0.25) is 10.0 Å². The standard InChI is InChI=1S/C11H14FNO5S/c1-2-13(10(7-14)11(15)16)19(17,18)9-5-3-8(12)4-6-9/h3-6,10,14H,2,7H2,1H3,(H,15,16). The Morgan fingerprint density at radius 1 is 1.37 bits per heavy atom. The van der Waals surface area contributed by atoms with Crippen LogP contribution < -0.4 is 0 Å². The number of halogens is 1. The largest absolute Gasteiger partial charge is 0.480 e. The van der Waals surface area contributed by atoms with E-state index in [0.29, 0.717) is 4.31 Å². The fraction of sp³-hybridized carbons (Fsp3) is 0.364. The zero-order chi connectivity index (χ0) is 14.6. The van der Waals surface area contributed by atoms with Gasteiger partial charge in [-0.2, -0.15) is 4.31 Å². The fourth-order valence-electron chi connectivity index (χ4n) is 1.59. The minimum Gasteiger partial charge on any atom is -0.480 e. The molecule has 0 heterocycles. The Kier molecular flexibility index (Phi) is 4.98. The van der Waals surface area contributed by atoms with E-state index in [1.807, 2.05) is 0 Å². The molecule has 1 aromatic rings. The van der Waals surface area contributed by atoms with Gasteiger partial charge in [0, 0.05) is 6.54 Å². The summed E-state index contributed by atoms with van der Waals surface area (Å²) in [6, 6.07) is 2.46. The molecule has 1 unspecified atom stereocenters. The van der Waals surface area contributed by atoms with Crippen LogP contribution in [0.2, 0.25) is 0 Å². The molecule has 1 aromatic carbocycles. The van der Waals surface area contributed by atoms with Crippen LogP contribution in [0.5, 0.6) is 0 Å². The van der Waals surface area contributed by atoms with Crippen molar-refractivity contribution in [2.75, 3.05) is 13.2 Å². The smallest absolute Gasteiger partial charge is 0.324 e. The Balaban J connectivity index is 3.22. The predicted octanol–water partition coefficient (Wildman–Crippen LogP) is 0.282. The van der Waals surface area contributed by atoms with Crippen molar-refractivity contribution in [3.63, 3.8) is 0 Å². The van der Waals surface area contributed by atoms with Crippen molar-refractivity contribution in [3.8, 4) is 0 Å². The van der Waals surface area contributed by atoms with Crippen molar-refractivity contribution in [2.45, 2.75) is 17.9 Å². The van der Waals surface area contributed by atoms with Gasteiger partial charge >= 0.3 is 5.97 Å². The van der Waals surface area contributed by atoms with Gasteiger partial charge < -0.3 is 10.2 Å². The lowest BCUT2D eigenvalue weighted by Gasteiger charge is -2.25. The van der Waals surface area contributed by atoms with Gasteiger partial charge in [0.15, 0.2) is 0 Å². The first-order valence-electron chi connectivity index (χ1n) is 5.45. The first-order chi connectivity index (χ1) is 8.84. The van der Waals surface area contributed by atoms with Crippen LogP contribution >= 0.6 is 0 Å². The predicted molar refractivity (Wildman–Crippen MR) is 64.5 cm³/mol. The number of likely N-dealkylation sites (N-methyl/N-ethyl adjacent to an activating group) is 1. The summed E-state index contributed by atoms with van der Waals surface area (Å²) in [5.41, 5.74) is 0. The second kappa shape index (κ2) is 6.09. The maximum absolute atomic E-state index is 12.8. The molecule has 0 bridgehead atoms. The highest BCUT2D eigenvalue weighted by Crippen LogP contribution is 2.18. The molecule has 0 amide bonds. The van der Waals surface area contributed by atoms with Crippen LogP contribution in [0.25, 0.3) is 0 Å². The summed E-state index contributed by atoms with van der Waals surface area (Å²) in [5.74, 6) is -2.05. The SMILES string of the molecule is CCN(C(CO)C(=O)O)S(=O)(=O)c1ccc(F)cc1. The van der Waals surface area contributed by atoms with E-state index in [2.05, 4.69) is 0 Å². The molecule has 0 saturated carbocycles. The normalized spacial score (nSPS) is 13.5. The molecule has 2 N–H and O–H groups in total. The Morgan fingerprint density at radius 3 is 2.26 bits per heavy atom. The molecule has 0 aliphatic rings. The summed E-state index contributed by atoms with van der Waals surface area (Å²) in [5, 5.41) is 17.9. The molecule has 0 radical (unpaired) electrons. The summed E-state index contributed by atoms with van der Waals surface area (Å²) < 4.78 is 37.8. The fourth-order valence-corrected chi connectivity index (χ4v) is 3.17. The van der Waals surface area contributed by atoms with E-state index in [4.69, 9.17) is 10.2 Å². The summed E-state index contributed by atoms with van der Waals surface area (Å²) in [7, 11) is -4.10. The molecule has 0 aliphatic carbocycles. The summed E-state index contributed by atoms with van der Waals surface area (Å²) in [6.45, 7) is 0.480. The number of hydrogen-bond acceptors (Lipinski definition) is 4. The summed E-state index contributed by atoms with van der Waals surface area (Å²) >= 11 is 0. The maximum Gasteiger partial charge on any atom is 0.324 e. The van der Waals surface area contributed by atoms with Crippen LogP contribution in [-0.4, -0.2) is 48.1 Å². The van der Waals surface area contributed by atoms with Crippen molar-refractivity contribution in [1.29, 1.82) is 0 Å². The molecule has 0 aliphatic heterocycles. The lowest BCUT2D eigenvalue weighted by atomic mass is 10.3. The van der Waals surface area contributed by atoms with Crippen molar-refractivity contribution in [1.82, 2.24) is 4.31 Å². The van der Waals surface area contributed by atoms with Crippen LogP contribution in [0.4, 0.5) is 4.39 Å². The molecule has 0 spiro atoms. The average molecular weight is 291 g/mol. The van der Waals surface area contributed by atoms with Crippen LogP contribution in [0.3, 0.4) is 0 Å². The van der Waals surface area contributed by atoms with Gasteiger partial charge in [0.05, 0.1) is 11.5 Å². The van der Waals surface area contributed by atoms with E-state index in [9.17, 15) is 17.6 Å². The van der Waals surface area contributed by atoms with Gasteiger partial charge in [-0.1, -0.05) is 6.92 Å². The van der Waals surface area contributed by atoms with E-state index in [-0.39, 0.29) is 11.4 Å². The molecule has 106 valence electrons. The third-order valence-electron chi connectivity index (χ3n) is 2.54. The van der Waals surface area contributed by atoms with Crippen molar-refractivity contribution in [2.24, 2.45) is 0 Å². The lowest BCUT2D eigenvalue weighted by molar-refractivity contribution is -0.142. The van der Waals surface area contributed by atoms with Crippen LogP contribution in [-0.2, 0) is 14.8 Å². The van der Waals surface area contributed by atoms with Gasteiger partial charge in [0.25, 0.3) is 0 Å². The van der Waals surface area contributed by atoms with E-state index in [1.165, 1.54) is 6.92 Å². The molecule has 8 heteroatoms. The number of benzene rings is 1. The number of hydrogen-bond donors (Lipinski definition) is 2. The molecule has 0 fully saturated rings. The highest BCUT2D eigenvalue weighted by molar-refractivity contribution is 7.89. The Labute approximate surface area is 110 Å². The number of aliphatic hydroxyl groups excluding tert-OH is 1. The van der Waals surface area contributed by atoms with E-state index < -0.39 is 34.5 Å². The molecule has 1 rings (SSSR count). The topological polar surface area (TPSA) is 94.9 Å². The second-order valence-corrected chi connectivity index (χ2v) is 5.59. The quantitative estimate of drug-likeness (QED) is 0.785. The van der Waals surface area contributed by atoms with Gasteiger partial charge in [0.1, 0.15) is 11.9 Å². The number of nitrogens with zero attached hydrogens (tertiary/aromatic N) is 1. The Hall–Kier alpha value is -1.51. The number of carboxylic acids is 1. The summed E-state index contributed by atoms with van der Waals surface area (Å²) in [4.78, 5) is 10.7. The lowest BCUT2D eigenvalue weighted by Crippen LogP contribution is -2.47. The molecular formula is C11H14FNO5S. The summed E-state index contributed by atoms with van der Waals surface area (Å²) in [6.07, 6.45) is 0. The van der Waals surface area contributed by atoms with Gasteiger partial charge in [-0.3, -0.25) is 4.79 Å². The van der Waals surface area contributed by atoms with E-state index in [1.54, 1.807) is 0 Å². The van der Waals surface area contributed by atoms with Crippen molar-refractivity contribution < 1.29 is 27.8 Å². The van der Waals surface area contributed by atoms with Crippen LogP contribution in [0.1, 0.15) is 6.92 Å². The molecule has 0 saturated heterocycles. The van der Waals surface area contributed by atoms with Crippen molar-refractivity contribution >= 4 is 16.0 Å². The minimum atomic E-state index is -4.10. The number of rotatable bonds is 6. The first kappa shape index (κ1) is 15.5. The maximum atomic E-state index is 12.8. The number of sulfonamides is 1. The van der Waals surface area contributed by atoms with E-state index >= 15 is 0 Å². The third-order valence-corrected chi connectivity index (χ3v) is 4.54. The van der Waals surface area contributed by atoms with Gasteiger partial charge in [-0.05, 0) is 24.3 Å². The van der Waals surface area contributed by atoms with Crippen LogP contribution in [0.15, 0.2) is 29.2 Å². The second-order valence-electron chi connectivity index (χ2n) is 3.70. The minimum absolute atomic E-state index is 0.128. The zero-order valence-corrected chi connectivity index (χ0v) is 11.0. The molecular weight excluding hydrogens is 277 g/mol. The highest BCUT2D eigenvalue weighted by atomic mass is 32.2. The third kappa shape index (κ3) is 3.28. The van der Waals surface area contributed by atoms with Gasteiger partial charge in [-0.25, -0.2) is 12.8 Å².